The number of hydrogen-bond acceptors (Lipinski definition) is 4. The van der Waals surface area contributed by atoms with Gasteiger partial charge in [0.1, 0.15) is 0 Å². The smallest absolute Gasteiger partial charge is 0.409 e. The molecule has 19 heavy (non-hydrogen) atoms. The van der Waals surface area contributed by atoms with Crippen molar-refractivity contribution in [3.05, 3.63) is 73.0 Å². The van der Waals surface area contributed by atoms with Crippen molar-refractivity contribution in [1.29, 1.82) is 0 Å². The largest absolute Gasteiger partial charge is 0.410 e. The van der Waals surface area contributed by atoms with E-state index in [2.05, 4.69) is 10.3 Å². The van der Waals surface area contributed by atoms with Crippen molar-refractivity contribution in [2.45, 2.75) is 0 Å². The van der Waals surface area contributed by atoms with Crippen LogP contribution in [0, 0.1) is 0 Å². The zero-order valence-electron chi connectivity index (χ0n) is 10.3. The fourth-order valence-corrected chi connectivity index (χ4v) is 1.06. The SMILES string of the molecule is NC(=O)OC1=CC=CC=CC=CC=CNC=CN=C1. The molecule has 0 aliphatic carbocycles. The van der Waals surface area contributed by atoms with Gasteiger partial charge in [-0.05, 0) is 12.2 Å². The van der Waals surface area contributed by atoms with Gasteiger partial charge in [0.2, 0.25) is 0 Å². The van der Waals surface area contributed by atoms with Gasteiger partial charge in [0.15, 0.2) is 5.76 Å². The number of hydrogen-bond donors (Lipinski definition) is 2. The van der Waals surface area contributed by atoms with Crippen LogP contribution in [0.3, 0.4) is 0 Å². The van der Waals surface area contributed by atoms with Gasteiger partial charge in [0.05, 0.1) is 6.21 Å². The molecule has 0 aromatic rings. The molecule has 0 aromatic carbocycles. The molecule has 0 saturated carbocycles. The Kier molecular flexibility index (Phi) is 6.92. The van der Waals surface area contributed by atoms with Gasteiger partial charge >= 0.3 is 6.09 Å². The zero-order chi connectivity index (χ0) is 13.8. The predicted octanol–water partition coefficient (Wildman–Crippen LogP) is 2.29. The van der Waals surface area contributed by atoms with Gasteiger partial charge in [0.25, 0.3) is 0 Å². The molecular formula is C14H15N3O2. The zero-order valence-corrected chi connectivity index (χ0v) is 10.3. The van der Waals surface area contributed by atoms with E-state index in [9.17, 15) is 4.79 Å². The lowest BCUT2D eigenvalue weighted by atomic mass is 10.3. The molecule has 0 fully saturated rings. The van der Waals surface area contributed by atoms with Crippen LogP contribution in [0.5, 0.6) is 0 Å². The lowest BCUT2D eigenvalue weighted by Gasteiger charge is -1.98. The van der Waals surface area contributed by atoms with Crippen molar-refractivity contribution >= 4 is 12.3 Å². The Morgan fingerprint density at radius 2 is 1.74 bits per heavy atom. The quantitative estimate of drug-likeness (QED) is 0.756. The fraction of sp³-hybridized carbons (Fsp3) is 0. The molecule has 1 amide bonds. The highest BCUT2D eigenvalue weighted by Crippen LogP contribution is 1.96. The summed E-state index contributed by atoms with van der Waals surface area (Å²) in [5.74, 6) is 0.253. The second kappa shape index (κ2) is 9.23. The fourth-order valence-electron chi connectivity index (χ4n) is 1.06. The number of nitrogens with zero attached hydrogens (tertiary/aromatic N) is 1. The van der Waals surface area contributed by atoms with E-state index in [1.165, 1.54) is 12.4 Å². The maximum atomic E-state index is 10.7. The number of aliphatic imine (C=N–C) groups is 1. The Bertz CT molecular complexity index is 495. The second-order valence-electron chi connectivity index (χ2n) is 3.26. The molecule has 1 aliphatic heterocycles. The van der Waals surface area contributed by atoms with E-state index < -0.39 is 6.09 Å². The van der Waals surface area contributed by atoms with E-state index in [4.69, 9.17) is 10.5 Å². The highest BCUT2D eigenvalue weighted by molar-refractivity contribution is 5.81. The van der Waals surface area contributed by atoms with Crippen molar-refractivity contribution in [3.63, 3.8) is 0 Å². The number of rotatable bonds is 1. The van der Waals surface area contributed by atoms with E-state index in [-0.39, 0.29) is 5.76 Å². The monoisotopic (exact) mass is 257 g/mol. The van der Waals surface area contributed by atoms with Crippen molar-refractivity contribution in [2.75, 3.05) is 0 Å². The molecule has 1 rings (SSSR count). The summed E-state index contributed by atoms with van der Waals surface area (Å²) in [7, 11) is 0. The van der Waals surface area contributed by atoms with E-state index in [1.54, 1.807) is 30.6 Å². The first-order valence-corrected chi connectivity index (χ1v) is 5.57. The molecule has 98 valence electrons. The molecule has 0 spiro atoms. The van der Waals surface area contributed by atoms with Crippen LogP contribution >= 0.6 is 0 Å². The Morgan fingerprint density at radius 3 is 2.47 bits per heavy atom. The standard InChI is InChI=1S/C14H15N3O2/c15-14(18)19-13-8-6-4-2-1-3-5-7-9-16-10-11-17-12-13/h1-12,16H,(H2,15,18). The third kappa shape index (κ3) is 7.98. The molecule has 0 saturated heterocycles. The first-order chi connectivity index (χ1) is 9.29. The molecule has 3 N–H and O–H groups in total. The van der Waals surface area contributed by atoms with Crippen LogP contribution in [0.15, 0.2) is 78.0 Å². The summed E-state index contributed by atoms with van der Waals surface area (Å²) in [5.41, 5.74) is 4.96. The van der Waals surface area contributed by atoms with E-state index in [0.29, 0.717) is 0 Å². The maximum absolute atomic E-state index is 10.7. The summed E-state index contributed by atoms with van der Waals surface area (Å²) < 4.78 is 4.77. The number of nitrogens with one attached hydrogen (secondary N) is 1. The number of allylic oxidation sites excluding steroid dienone is 9. The van der Waals surface area contributed by atoms with Gasteiger partial charge in [0, 0.05) is 18.6 Å². The number of primary amides is 1. The van der Waals surface area contributed by atoms with Crippen molar-refractivity contribution in [1.82, 2.24) is 5.32 Å². The summed E-state index contributed by atoms with van der Waals surface area (Å²) in [6, 6.07) is 0. The number of ether oxygens (including phenoxy) is 1. The molecule has 0 aromatic heterocycles. The van der Waals surface area contributed by atoms with Gasteiger partial charge in [-0.3, -0.25) is 4.99 Å². The summed E-state index contributed by atoms with van der Waals surface area (Å²) >= 11 is 0. The van der Waals surface area contributed by atoms with E-state index in [1.807, 2.05) is 30.4 Å². The summed E-state index contributed by atoms with van der Waals surface area (Å²) in [4.78, 5) is 14.6. The minimum Gasteiger partial charge on any atom is -0.409 e. The molecule has 0 bridgehead atoms. The maximum Gasteiger partial charge on any atom is 0.410 e. The van der Waals surface area contributed by atoms with Crippen LogP contribution in [0.1, 0.15) is 0 Å². The van der Waals surface area contributed by atoms with Crippen LogP contribution in [0.25, 0.3) is 0 Å². The van der Waals surface area contributed by atoms with Gasteiger partial charge in [-0.2, -0.15) is 0 Å². The van der Waals surface area contributed by atoms with Crippen LogP contribution in [-0.2, 0) is 4.74 Å². The van der Waals surface area contributed by atoms with Gasteiger partial charge in [-0.1, -0.05) is 36.5 Å². The second-order valence-corrected chi connectivity index (χ2v) is 3.26. The highest BCUT2D eigenvalue weighted by atomic mass is 16.5. The van der Waals surface area contributed by atoms with E-state index in [0.717, 1.165) is 0 Å². The molecule has 0 radical (unpaired) electrons. The van der Waals surface area contributed by atoms with Gasteiger partial charge in [-0.25, -0.2) is 4.79 Å². The van der Waals surface area contributed by atoms with E-state index >= 15 is 0 Å². The summed E-state index contributed by atoms with van der Waals surface area (Å²) in [6.45, 7) is 0. The number of carbonyl (C=O) groups is 1. The van der Waals surface area contributed by atoms with Crippen molar-refractivity contribution in [3.8, 4) is 0 Å². The van der Waals surface area contributed by atoms with Crippen LogP contribution in [-0.4, -0.2) is 12.3 Å². The first-order valence-electron chi connectivity index (χ1n) is 5.57. The third-order valence-corrected chi connectivity index (χ3v) is 1.80. The summed E-state index contributed by atoms with van der Waals surface area (Å²) in [5, 5.41) is 2.89. The minimum absolute atomic E-state index is 0.253. The van der Waals surface area contributed by atoms with Gasteiger partial charge in [-0.15, -0.1) is 0 Å². The first kappa shape index (κ1) is 14.2. The molecular weight excluding hydrogens is 242 g/mol. The Balaban J connectivity index is 2.84. The van der Waals surface area contributed by atoms with Crippen LogP contribution in [0.4, 0.5) is 4.79 Å². The molecule has 5 nitrogen and oxygen atoms in total. The van der Waals surface area contributed by atoms with Crippen molar-refractivity contribution < 1.29 is 9.53 Å². The number of nitrogens with two attached hydrogens (primary N) is 1. The number of amides is 1. The van der Waals surface area contributed by atoms with Crippen LogP contribution in [0.2, 0.25) is 0 Å². The number of carbonyl (C=O) groups excluding carboxylic acids is 1. The lowest BCUT2D eigenvalue weighted by molar-refractivity contribution is 0.192. The molecule has 1 heterocycles. The average Bonchev–Trinajstić information content (AvgIpc) is 2.38. The Labute approximate surface area is 111 Å². The topological polar surface area (TPSA) is 76.7 Å². The highest BCUT2D eigenvalue weighted by Gasteiger charge is 1.97. The molecule has 0 unspecified atom stereocenters. The normalized spacial score (nSPS) is 15.3. The van der Waals surface area contributed by atoms with Crippen molar-refractivity contribution in [2.24, 2.45) is 10.7 Å². The van der Waals surface area contributed by atoms with Gasteiger partial charge < -0.3 is 15.8 Å². The molecule has 0 atom stereocenters. The molecule has 5 heteroatoms. The summed E-state index contributed by atoms with van der Waals surface area (Å²) in [6.07, 6.45) is 19.8. The third-order valence-electron chi connectivity index (χ3n) is 1.80. The lowest BCUT2D eigenvalue weighted by Crippen LogP contribution is -2.13. The Hall–Kier alpha value is -2.82. The molecule has 1 aliphatic rings. The average molecular weight is 257 g/mol. The predicted molar refractivity (Wildman–Crippen MR) is 76.1 cm³/mol. The Morgan fingerprint density at radius 1 is 1.05 bits per heavy atom. The van der Waals surface area contributed by atoms with Crippen LogP contribution < -0.4 is 11.1 Å². The minimum atomic E-state index is -0.882.